The van der Waals surface area contributed by atoms with Crippen LogP contribution >= 0.6 is 15.9 Å². The fraction of sp³-hybridized carbons (Fsp3) is 0.500. The van der Waals surface area contributed by atoms with E-state index in [-0.39, 0.29) is 5.91 Å². The Morgan fingerprint density at radius 3 is 2.76 bits per heavy atom. The number of hydrogen-bond acceptors (Lipinski definition) is 1. The molecule has 1 amide bonds. The lowest BCUT2D eigenvalue weighted by Gasteiger charge is -2.30. The number of rotatable bonds is 3. The highest BCUT2D eigenvalue weighted by molar-refractivity contribution is 9.10. The number of amides is 1. The first-order valence-corrected chi connectivity index (χ1v) is 6.89. The molecule has 2 nitrogen and oxygen atoms in total. The van der Waals surface area contributed by atoms with Gasteiger partial charge in [-0.2, -0.15) is 0 Å². The third-order valence-electron chi connectivity index (χ3n) is 3.60. The summed E-state index contributed by atoms with van der Waals surface area (Å²) in [6.45, 7) is 2.87. The molecule has 1 aromatic carbocycles. The van der Waals surface area contributed by atoms with Gasteiger partial charge in [0.05, 0.1) is 0 Å². The van der Waals surface area contributed by atoms with Crippen molar-refractivity contribution in [2.24, 2.45) is 5.92 Å². The van der Waals surface area contributed by atoms with E-state index in [2.05, 4.69) is 15.9 Å². The van der Waals surface area contributed by atoms with E-state index >= 15 is 0 Å². The highest BCUT2D eigenvalue weighted by atomic mass is 79.9. The smallest absolute Gasteiger partial charge is 0.253 e. The van der Waals surface area contributed by atoms with Crippen molar-refractivity contribution in [3.8, 4) is 0 Å². The van der Waals surface area contributed by atoms with E-state index < -0.39 is 0 Å². The summed E-state index contributed by atoms with van der Waals surface area (Å²) in [5.74, 6) is 0.854. The van der Waals surface area contributed by atoms with E-state index in [9.17, 15) is 4.79 Å². The molecule has 0 aromatic heterocycles. The first-order chi connectivity index (χ1) is 8.09. The highest BCUT2D eigenvalue weighted by Crippen LogP contribution is 2.27. The molecule has 0 unspecified atom stereocenters. The predicted octanol–water partition coefficient (Wildman–Crippen LogP) is 3.63. The largest absolute Gasteiger partial charge is 0.341 e. The summed E-state index contributed by atoms with van der Waals surface area (Å²) in [5.41, 5.74) is 1.83. The van der Waals surface area contributed by atoms with Gasteiger partial charge in [-0.25, -0.2) is 0 Å². The lowest BCUT2D eigenvalue weighted by molar-refractivity contribution is 0.0744. The molecule has 1 saturated carbocycles. The van der Waals surface area contributed by atoms with Crippen LogP contribution in [0.4, 0.5) is 0 Å². The van der Waals surface area contributed by atoms with Crippen LogP contribution in [0.3, 0.4) is 0 Å². The summed E-state index contributed by atoms with van der Waals surface area (Å²) in [7, 11) is 1.90. The van der Waals surface area contributed by atoms with Crippen LogP contribution in [-0.2, 0) is 0 Å². The highest BCUT2D eigenvalue weighted by Gasteiger charge is 2.22. The first kappa shape index (κ1) is 12.6. The summed E-state index contributed by atoms with van der Waals surface area (Å²) in [6, 6.07) is 5.79. The Morgan fingerprint density at radius 1 is 1.47 bits per heavy atom. The van der Waals surface area contributed by atoms with Crippen LogP contribution in [0.1, 0.15) is 35.2 Å². The summed E-state index contributed by atoms with van der Waals surface area (Å²) in [4.78, 5) is 14.2. The normalized spacial score (nSPS) is 15.5. The van der Waals surface area contributed by atoms with Crippen molar-refractivity contribution < 1.29 is 4.79 Å². The SMILES string of the molecule is Cc1c(Br)cccc1C(=O)N(C)CC1CCC1. The van der Waals surface area contributed by atoms with Crippen molar-refractivity contribution in [2.45, 2.75) is 26.2 Å². The van der Waals surface area contributed by atoms with Crippen LogP contribution in [0.15, 0.2) is 22.7 Å². The van der Waals surface area contributed by atoms with Crippen LogP contribution in [0.5, 0.6) is 0 Å². The third kappa shape index (κ3) is 2.71. The molecule has 17 heavy (non-hydrogen) atoms. The molecule has 92 valence electrons. The van der Waals surface area contributed by atoms with E-state index in [1.165, 1.54) is 19.3 Å². The number of halogens is 1. The molecule has 0 aliphatic heterocycles. The fourth-order valence-electron chi connectivity index (χ4n) is 2.19. The quantitative estimate of drug-likeness (QED) is 0.834. The Bertz CT molecular complexity index is 426. The molecule has 0 radical (unpaired) electrons. The van der Waals surface area contributed by atoms with Crippen molar-refractivity contribution >= 4 is 21.8 Å². The minimum atomic E-state index is 0.135. The second-order valence-electron chi connectivity index (χ2n) is 4.90. The average Bonchev–Trinajstić information content (AvgIpc) is 2.26. The van der Waals surface area contributed by atoms with Crippen molar-refractivity contribution in [1.29, 1.82) is 0 Å². The van der Waals surface area contributed by atoms with Gasteiger partial charge in [0.15, 0.2) is 0 Å². The van der Waals surface area contributed by atoms with E-state index in [1.807, 2.05) is 37.1 Å². The van der Waals surface area contributed by atoms with Crippen LogP contribution in [0.2, 0.25) is 0 Å². The maximum atomic E-state index is 12.3. The number of carbonyl (C=O) groups is 1. The zero-order valence-corrected chi connectivity index (χ0v) is 12.0. The lowest BCUT2D eigenvalue weighted by atomic mass is 9.85. The number of benzene rings is 1. The van der Waals surface area contributed by atoms with E-state index in [1.54, 1.807) is 0 Å². The standard InChI is InChI=1S/C14H18BrNO/c1-10-12(7-4-8-13(10)15)14(17)16(2)9-11-5-3-6-11/h4,7-8,11H,3,5-6,9H2,1-2H3. The minimum Gasteiger partial charge on any atom is -0.341 e. The monoisotopic (exact) mass is 295 g/mol. The van der Waals surface area contributed by atoms with Crippen LogP contribution in [-0.4, -0.2) is 24.4 Å². The van der Waals surface area contributed by atoms with Gasteiger partial charge in [0.2, 0.25) is 0 Å². The molecule has 3 heteroatoms. The topological polar surface area (TPSA) is 20.3 Å². The molecular weight excluding hydrogens is 278 g/mol. The molecule has 0 bridgehead atoms. The summed E-state index contributed by atoms with van der Waals surface area (Å²) in [6.07, 6.45) is 3.87. The van der Waals surface area contributed by atoms with Gasteiger partial charge in [-0.05, 0) is 43.4 Å². The summed E-state index contributed by atoms with van der Waals surface area (Å²) in [5, 5.41) is 0. The second-order valence-corrected chi connectivity index (χ2v) is 5.75. The van der Waals surface area contributed by atoms with Gasteiger partial charge in [-0.1, -0.05) is 28.4 Å². The van der Waals surface area contributed by atoms with E-state index in [0.717, 1.165) is 28.1 Å². The Balaban J connectivity index is 2.09. The molecule has 1 aliphatic carbocycles. The van der Waals surface area contributed by atoms with Crippen LogP contribution in [0, 0.1) is 12.8 Å². The Kier molecular flexibility index (Phi) is 3.87. The fourth-order valence-corrected chi connectivity index (χ4v) is 2.56. The molecule has 1 aromatic rings. The van der Waals surface area contributed by atoms with E-state index in [4.69, 9.17) is 0 Å². The predicted molar refractivity (Wildman–Crippen MR) is 73.2 cm³/mol. The van der Waals surface area contributed by atoms with Crippen molar-refractivity contribution in [3.63, 3.8) is 0 Å². The number of nitrogens with zero attached hydrogens (tertiary/aromatic N) is 1. The van der Waals surface area contributed by atoms with Gasteiger partial charge in [-0.15, -0.1) is 0 Å². The van der Waals surface area contributed by atoms with Crippen molar-refractivity contribution in [3.05, 3.63) is 33.8 Å². The molecule has 0 spiro atoms. The average molecular weight is 296 g/mol. The maximum Gasteiger partial charge on any atom is 0.253 e. The Labute approximate surface area is 111 Å². The van der Waals surface area contributed by atoms with Crippen LogP contribution < -0.4 is 0 Å². The van der Waals surface area contributed by atoms with Gasteiger partial charge in [0.25, 0.3) is 5.91 Å². The summed E-state index contributed by atoms with van der Waals surface area (Å²) < 4.78 is 1.00. The number of hydrogen-bond donors (Lipinski definition) is 0. The zero-order chi connectivity index (χ0) is 12.4. The molecule has 1 aliphatic rings. The zero-order valence-electron chi connectivity index (χ0n) is 10.4. The van der Waals surface area contributed by atoms with Gasteiger partial charge >= 0.3 is 0 Å². The van der Waals surface area contributed by atoms with Crippen molar-refractivity contribution in [1.82, 2.24) is 4.90 Å². The minimum absolute atomic E-state index is 0.135. The molecule has 0 saturated heterocycles. The molecule has 2 rings (SSSR count). The number of carbonyl (C=O) groups excluding carboxylic acids is 1. The third-order valence-corrected chi connectivity index (χ3v) is 4.46. The Hall–Kier alpha value is -0.830. The molecular formula is C14H18BrNO. The van der Waals surface area contributed by atoms with Crippen molar-refractivity contribution in [2.75, 3.05) is 13.6 Å². The molecule has 0 atom stereocenters. The Morgan fingerprint density at radius 2 is 2.18 bits per heavy atom. The molecule has 1 fully saturated rings. The maximum absolute atomic E-state index is 12.3. The molecule has 0 heterocycles. The molecule has 0 N–H and O–H groups in total. The van der Waals surface area contributed by atoms with Crippen LogP contribution in [0.25, 0.3) is 0 Å². The van der Waals surface area contributed by atoms with Gasteiger partial charge < -0.3 is 4.90 Å². The van der Waals surface area contributed by atoms with E-state index in [0.29, 0.717) is 0 Å². The second kappa shape index (κ2) is 5.21. The van der Waals surface area contributed by atoms with Gasteiger partial charge in [0, 0.05) is 23.6 Å². The van der Waals surface area contributed by atoms with Gasteiger partial charge in [-0.3, -0.25) is 4.79 Å². The first-order valence-electron chi connectivity index (χ1n) is 6.10. The van der Waals surface area contributed by atoms with Gasteiger partial charge in [0.1, 0.15) is 0 Å². The lowest BCUT2D eigenvalue weighted by Crippen LogP contribution is -2.34. The summed E-state index contributed by atoms with van der Waals surface area (Å²) >= 11 is 3.47.